The van der Waals surface area contributed by atoms with Crippen molar-refractivity contribution in [1.29, 1.82) is 0 Å². The summed E-state index contributed by atoms with van der Waals surface area (Å²) in [6, 6.07) is 0.714. The highest BCUT2D eigenvalue weighted by Crippen LogP contribution is 2.46. The molecule has 1 atom stereocenters. The van der Waals surface area contributed by atoms with Gasteiger partial charge in [-0.1, -0.05) is 15.9 Å². The van der Waals surface area contributed by atoms with E-state index >= 15 is 0 Å². The zero-order chi connectivity index (χ0) is 16.5. The lowest BCUT2D eigenvalue weighted by Gasteiger charge is -2.36. The number of benzene rings is 1. The number of nitrogens with one attached hydrogen (secondary N) is 1. The van der Waals surface area contributed by atoms with E-state index in [1.165, 1.54) is 0 Å². The Labute approximate surface area is 175 Å². The fourth-order valence-electron chi connectivity index (χ4n) is 2.53. The van der Waals surface area contributed by atoms with Gasteiger partial charge in [0.2, 0.25) is 0 Å². The number of phenolic OH excluding ortho intramolecular Hbond substituents is 1. The van der Waals surface area contributed by atoms with Crippen molar-refractivity contribution >= 4 is 72.6 Å². The number of piperazine rings is 1. The quantitative estimate of drug-likeness (QED) is 0.499. The Morgan fingerprint density at radius 3 is 2.17 bits per heavy atom. The van der Waals surface area contributed by atoms with Crippen molar-refractivity contribution in [2.45, 2.75) is 18.6 Å². The molecule has 0 amide bonds. The van der Waals surface area contributed by atoms with Crippen LogP contribution in [-0.4, -0.2) is 42.4 Å². The van der Waals surface area contributed by atoms with Crippen molar-refractivity contribution in [2.75, 3.05) is 26.2 Å². The lowest BCUT2D eigenvalue weighted by Crippen LogP contribution is -2.46. The van der Waals surface area contributed by atoms with E-state index in [4.69, 9.17) is 0 Å². The van der Waals surface area contributed by atoms with Gasteiger partial charge in [-0.3, -0.25) is 4.90 Å². The molecule has 1 aromatic rings. The minimum atomic E-state index is -4.29. The SMILES string of the molecule is Cl.Cl.Oc1c(Br)cc(Br)c([C@H](CC(F)(F)F)N2CCNCC2)c1Br. The number of hydrogen-bond acceptors (Lipinski definition) is 3. The lowest BCUT2D eigenvalue weighted by molar-refractivity contribution is -0.148. The first kappa shape index (κ1) is 24.8. The van der Waals surface area contributed by atoms with Crippen molar-refractivity contribution in [3.63, 3.8) is 0 Å². The molecule has 0 spiro atoms. The molecule has 3 nitrogen and oxygen atoms in total. The molecule has 0 unspecified atom stereocenters. The van der Waals surface area contributed by atoms with Crippen LogP contribution in [0.2, 0.25) is 0 Å². The summed E-state index contributed by atoms with van der Waals surface area (Å²) >= 11 is 9.74. The van der Waals surface area contributed by atoms with Gasteiger partial charge in [0.05, 0.1) is 15.4 Å². The van der Waals surface area contributed by atoms with E-state index in [1.807, 2.05) is 0 Å². The molecule has 0 aromatic heterocycles. The van der Waals surface area contributed by atoms with Crippen LogP contribution in [-0.2, 0) is 0 Å². The summed E-state index contributed by atoms with van der Waals surface area (Å²) in [6.07, 6.45) is -5.26. The molecule has 1 aliphatic heterocycles. The van der Waals surface area contributed by atoms with Crippen molar-refractivity contribution in [1.82, 2.24) is 10.2 Å². The van der Waals surface area contributed by atoms with Crippen molar-refractivity contribution in [3.05, 3.63) is 25.0 Å². The summed E-state index contributed by atoms with van der Waals surface area (Å²) in [7, 11) is 0. The number of rotatable bonds is 3. The number of alkyl halides is 3. The smallest absolute Gasteiger partial charge is 0.390 e. The first-order chi connectivity index (χ1) is 10.2. The molecule has 1 heterocycles. The predicted octanol–water partition coefficient (Wildman–Crippen LogP) is 5.42. The fourth-order valence-corrected chi connectivity index (χ4v) is 5.18. The molecular weight excluding hydrogens is 568 g/mol. The number of phenols is 1. The van der Waals surface area contributed by atoms with Crippen molar-refractivity contribution in [3.8, 4) is 5.75 Å². The maximum Gasteiger partial charge on any atom is 0.390 e. The van der Waals surface area contributed by atoms with Crippen LogP contribution in [0.5, 0.6) is 5.75 Å². The molecule has 0 radical (unpaired) electrons. The molecule has 24 heavy (non-hydrogen) atoms. The number of halogens is 8. The Balaban J connectivity index is 0.00000264. The molecule has 1 aromatic carbocycles. The zero-order valence-corrected chi connectivity index (χ0v) is 18.6. The second-order valence-electron chi connectivity index (χ2n) is 5.04. The Bertz CT molecular complexity index is 558. The van der Waals surface area contributed by atoms with E-state index in [2.05, 4.69) is 53.1 Å². The third-order valence-corrected chi connectivity index (χ3v) is 5.60. The summed E-state index contributed by atoms with van der Waals surface area (Å²) in [5.41, 5.74) is 0.417. The summed E-state index contributed by atoms with van der Waals surface area (Å²) in [4.78, 5) is 1.79. The van der Waals surface area contributed by atoms with Crippen LogP contribution in [0.4, 0.5) is 13.2 Å². The van der Waals surface area contributed by atoms with Gasteiger partial charge >= 0.3 is 6.18 Å². The molecule has 1 saturated heterocycles. The molecule has 0 saturated carbocycles. The van der Waals surface area contributed by atoms with Crippen LogP contribution in [0.15, 0.2) is 19.5 Å². The molecule has 140 valence electrons. The number of nitrogens with zero attached hydrogens (tertiary/aromatic N) is 1. The average molecular weight is 584 g/mol. The summed E-state index contributed by atoms with van der Waals surface area (Å²) < 4.78 is 40.4. The highest BCUT2D eigenvalue weighted by Gasteiger charge is 2.38. The number of aromatic hydroxyl groups is 1. The summed E-state index contributed by atoms with van der Waals surface area (Å²) in [5, 5.41) is 13.2. The third kappa shape index (κ3) is 6.17. The Hall–Kier alpha value is 0.750. The monoisotopic (exact) mass is 580 g/mol. The van der Waals surface area contributed by atoms with Gasteiger partial charge in [-0.25, -0.2) is 0 Å². The normalized spacial score (nSPS) is 16.9. The van der Waals surface area contributed by atoms with E-state index in [-0.39, 0.29) is 35.0 Å². The van der Waals surface area contributed by atoms with Gasteiger partial charge < -0.3 is 10.4 Å². The first-order valence-electron chi connectivity index (χ1n) is 6.58. The largest absolute Gasteiger partial charge is 0.506 e. The second kappa shape index (κ2) is 10.2. The molecule has 2 rings (SSSR count). The van der Waals surface area contributed by atoms with E-state index in [9.17, 15) is 18.3 Å². The average Bonchev–Trinajstić information content (AvgIpc) is 2.43. The van der Waals surface area contributed by atoms with Gasteiger partial charge in [-0.15, -0.1) is 24.8 Å². The lowest BCUT2D eigenvalue weighted by atomic mass is 10.0. The second-order valence-corrected chi connectivity index (χ2v) is 7.54. The highest BCUT2D eigenvalue weighted by molar-refractivity contribution is 9.11. The zero-order valence-electron chi connectivity index (χ0n) is 12.2. The first-order valence-corrected chi connectivity index (χ1v) is 8.96. The Morgan fingerprint density at radius 2 is 1.67 bits per heavy atom. The van der Waals surface area contributed by atoms with Gasteiger partial charge in [0.15, 0.2) is 0 Å². The molecular formula is C13H16Br3Cl2F3N2O. The Kier molecular flexibility index (Phi) is 10.5. The van der Waals surface area contributed by atoms with Crippen LogP contribution in [0.3, 0.4) is 0 Å². The van der Waals surface area contributed by atoms with Crippen LogP contribution in [0.25, 0.3) is 0 Å². The maximum absolute atomic E-state index is 13.0. The van der Waals surface area contributed by atoms with E-state index in [1.54, 1.807) is 11.0 Å². The topological polar surface area (TPSA) is 35.5 Å². The van der Waals surface area contributed by atoms with Gasteiger partial charge in [-0.05, 0) is 37.9 Å². The van der Waals surface area contributed by atoms with Gasteiger partial charge in [0, 0.05) is 42.3 Å². The third-order valence-electron chi connectivity index (χ3n) is 3.53. The van der Waals surface area contributed by atoms with Crippen LogP contribution in [0, 0.1) is 0 Å². The van der Waals surface area contributed by atoms with Gasteiger partial charge in [-0.2, -0.15) is 13.2 Å². The minimum Gasteiger partial charge on any atom is -0.506 e. The Morgan fingerprint density at radius 1 is 1.12 bits per heavy atom. The van der Waals surface area contributed by atoms with E-state index in [0.717, 1.165) is 0 Å². The van der Waals surface area contributed by atoms with Crippen molar-refractivity contribution in [2.24, 2.45) is 0 Å². The summed E-state index contributed by atoms with van der Waals surface area (Å²) in [5.74, 6) is -0.0968. The maximum atomic E-state index is 13.0. The standard InChI is InChI=1S/C13H14Br3F3N2O.2ClH/c14-7-5-8(15)12(22)11(16)10(7)9(6-13(17,18)19)21-3-1-20-2-4-21;;/h5,9,20,22H,1-4,6H2;2*1H/t9-;;/m0../s1. The summed E-state index contributed by atoms with van der Waals surface area (Å²) in [6.45, 7) is 2.34. The van der Waals surface area contributed by atoms with Gasteiger partial charge in [0.25, 0.3) is 0 Å². The minimum absolute atomic E-state index is 0. The van der Waals surface area contributed by atoms with Crippen LogP contribution in [0.1, 0.15) is 18.0 Å². The van der Waals surface area contributed by atoms with Gasteiger partial charge in [0.1, 0.15) is 5.75 Å². The van der Waals surface area contributed by atoms with Crippen molar-refractivity contribution < 1.29 is 18.3 Å². The van der Waals surface area contributed by atoms with Crippen LogP contribution < -0.4 is 5.32 Å². The van der Waals surface area contributed by atoms with Crippen LogP contribution >= 0.6 is 72.6 Å². The van der Waals surface area contributed by atoms with E-state index < -0.39 is 18.6 Å². The molecule has 11 heteroatoms. The molecule has 1 fully saturated rings. The number of hydrogen-bond donors (Lipinski definition) is 2. The predicted molar refractivity (Wildman–Crippen MR) is 104 cm³/mol. The molecule has 0 aliphatic carbocycles. The highest BCUT2D eigenvalue weighted by atomic mass is 79.9. The molecule has 1 aliphatic rings. The fraction of sp³-hybridized carbons (Fsp3) is 0.538. The van der Waals surface area contributed by atoms with E-state index in [0.29, 0.717) is 40.7 Å². The molecule has 2 N–H and O–H groups in total. The molecule has 0 bridgehead atoms.